The Labute approximate surface area is 76.4 Å². The van der Waals surface area contributed by atoms with Gasteiger partial charge in [0, 0.05) is 62.7 Å². The Bertz CT molecular complexity index is 7.61. The standard InChI is InChI=1S/2Hf.H2OSi.Si/c;;1-2;/h;;2H2;. The van der Waals surface area contributed by atoms with E-state index < -0.39 is 0 Å². The second-order valence-corrected chi connectivity index (χ2v) is 0. The van der Waals surface area contributed by atoms with Gasteiger partial charge < -0.3 is 4.46 Å². The van der Waals surface area contributed by atoms with E-state index in [4.69, 9.17) is 4.46 Å². The fourth-order valence-corrected chi connectivity index (χ4v) is 0. The van der Waals surface area contributed by atoms with Crippen LogP contribution in [0, 0.1) is 0 Å². The minimum Gasteiger partial charge on any atom is -0.396 e. The maximum Gasteiger partial charge on any atom is 0.245 e. The van der Waals surface area contributed by atoms with Gasteiger partial charge in [0.05, 0.1) is 0 Å². The van der Waals surface area contributed by atoms with E-state index in [-0.39, 0.29) is 62.7 Å². The number of hydrogen-bond acceptors (Lipinski definition) is 1. The molecule has 0 rings (SSSR count). The van der Waals surface area contributed by atoms with Crippen molar-refractivity contribution in [3.05, 3.63) is 0 Å². The van der Waals surface area contributed by atoms with Crippen molar-refractivity contribution < 1.29 is 56.1 Å². The Morgan fingerprint density at radius 3 is 1.00 bits per heavy atom. The fourth-order valence-electron chi connectivity index (χ4n) is 0. The van der Waals surface area contributed by atoms with Gasteiger partial charge in [0.1, 0.15) is 0 Å². The van der Waals surface area contributed by atoms with E-state index in [1.807, 2.05) is 0 Å². The van der Waals surface area contributed by atoms with Crippen molar-refractivity contribution in [2.75, 3.05) is 0 Å². The quantitative estimate of drug-likeness (QED) is 0.431. The van der Waals surface area contributed by atoms with Gasteiger partial charge >= 0.3 is 0 Å². The van der Waals surface area contributed by atoms with Crippen LogP contribution in [0.1, 0.15) is 0 Å². The Balaban J connectivity index is -0.00000000167. The fraction of sp³-hybridized carbons (Fsp3) is 0. The van der Waals surface area contributed by atoms with Gasteiger partial charge in [-0.05, 0) is 0 Å². The van der Waals surface area contributed by atoms with E-state index in [1.165, 1.54) is 0 Å². The first kappa shape index (κ1) is 28.1. The molecular formula is H2Hf2OSi2. The topological polar surface area (TPSA) is 17.1 Å². The second-order valence-electron chi connectivity index (χ2n) is 0. The molecular weight excluding hydrogens is 429 g/mol. The van der Waals surface area contributed by atoms with Crippen molar-refractivity contribution in [3.63, 3.8) is 0 Å². The summed E-state index contributed by atoms with van der Waals surface area (Å²) in [6, 6.07) is 0. The van der Waals surface area contributed by atoms with E-state index in [9.17, 15) is 0 Å². The molecule has 0 unspecified atom stereocenters. The van der Waals surface area contributed by atoms with Crippen LogP contribution in [0.25, 0.3) is 0 Å². The van der Waals surface area contributed by atoms with Crippen LogP contribution in [0.15, 0.2) is 0 Å². The van der Waals surface area contributed by atoms with Crippen molar-refractivity contribution in [2.45, 2.75) is 0 Å². The Morgan fingerprint density at radius 2 is 1.00 bits per heavy atom. The van der Waals surface area contributed by atoms with Crippen molar-refractivity contribution in [3.8, 4) is 0 Å². The van der Waals surface area contributed by atoms with Gasteiger partial charge in [-0.25, -0.2) is 0 Å². The molecule has 0 aromatic carbocycles. The molecule has 0 spiro atoms. The zero-order chi connectivity index (χ0) is 2.00. The molecule has 4 radical (unpaired) electrons. The van der Waals surface area contributed by atoms with Gasteiger partial charge in [0.15, 0.2) is 0 Å². The normalized spacial score (nSPS) is 0.800. The van der Waals surface area contributed by atoms with Crippen molar-refractivity contribution in [2.24, 2.45) is 0 Å². The molecule has 0 atom stereocenters. The maximum atomic E-state index is 8.28. The molecule has 0 amide bonds. The number of hydrogen-bond donors (Lipinski definition) is 0. The molecule has 0 fully saturated rings. The van der Waals surface area contributed by atoms with E-state index in [0.717, 1.165) is 0 Å². The van der Waals surface area contributed by atoms with Crippen LogP contribution in [0.4, 0.5) is 0 Å². The SMILES string of the molecule is O=[SiH2].[Hf].[Hf].[Si]. The maximum absolute atomic E-state index is 8.28. The first-order valence-electron chi connectivity index (χ1n) is 0.289. The van der Waals surface area contributed by atoms with E-state index >= 15 is 0 Å². The van der Waals surface area contributed by atoms with E-state index in [2.05, 4.69) is 0 Å². The molecule has 0 aromatic heterocycles. The molecule has 1 nitrogen and oxygen atoms in total. The van der Waals surface area contributed by atoms with Gasteiger partial charge in [-0.2, -0.15) is 0 Å². The van der Waals surface area contributed by atoms with Gasteiger partial charge in [0.25, 0.3) is 0 Å². The van der Waals surface area contributed by atoms with Gasteiger partial charge in [0.2, 0.25) is 10.1 Å². The summed E-state index contributed by atoms with van der Waals surface area (Å²) in [5.41, 5.74) is 0. The molecule has 5 heavy (non-hydrogen) atoms. The molecule has 24 valence electrons. The summed E-state index contributed by atoms with van der Waals surface area (Å²) >= 11 is 0. The zero-order valence-corrected chi connectivity index (χ0v) is 12.2. The minimum atomic E-state index is 0. The van der Waals surface area contributed by atoms with Crippen LogP contribution in [-0.4, -0.2) is 21.1 Å². The molecule has 0 saturated carbocycles. The third-order valence-corrected chi connectivity index (χ3v) is 0. The average Bonchev–Trinajstić information content (AvgIpc) is 1.00. The summed E-state index contributed by atoms with van der Waals surface area (Å²) in [7, 11) is 0.611. The predicted octanol–water partition coefficient (Wildman–Crippen LogP) is -1.42. The summed E-state index contributed by atoms with van der Waals surface area (Å²) in [6.07, 6.45) is 0. The zero-order valence-electron chi connectivity index (χ0n) is 2.62. The Morgan fingerprint density at radius 1 is 1.00 bits per heavy atom. The molecule has 0 N–H and O–H groups in total. The second kappa shape index (κ2) is 37.9. The monoisotopic (exact) mass is 434 g/mol. The average molecular weight is 431 g/mol. The summed E-state index contributed by atoms with van der Waals surface area (Å²) in [5.74, 6) is 0. The van der Waals surface area contributed by atoms with E-state index in [1.54, 1.807) is 0 Å². The summed E-state index contributed by atoms with van der Waals surface area (Å²) in [5, 5.41) is 0. The smallest absolute Gasteiger partial charge is 0.245 e. The van der Waals surface area contributed by atoms with Crippen LogP contribution >= 0.6 is 0 Å². The van der Waals surface area contributed by atoms with Crippen LogP contribution in [0.3, 0.4) is 0 Å². The van der Waals surface area contributed by atoms with Crippen molar-refractivity contribution in [1.29, 1.82) is 0 Å². The van der Waals surface area contributed by atoms with Crippen LogP contribution in [0.5, 0.6) is 0 Å². The number of rotatable bonds is 0. The van der Waals surface area contributed by atoms with Crippen molar-refractivity contribution in [1.82, 2.24) is 0 Å². The summed E-state index contributed by atoms with van der Waals surface area (Å²) in [6.45, 7) is 0. The summed E-state index contributed by atoms with van der Waals surface area (Å²) < 4.78 is 8.28. The van der Waals surface area contributed by atoms with Crippen molar-refractivity contribution >= 4 is 21.1 Å². The van der Waals surface area contributed by atoms with E-state index in [0.29, 0.717) is 10.1 Å². The molecule has 0 saturated heterocycles. The van der Waals surface area contributed by atoms with Gasteiger partial charge in [-0.1, -0.05) is 0 Å². The third kappa shape index (κ3) is 24.2. The first-order chi connectivity index (χ1) is 1.00. The van der Waals surface area contributed by atoms with Crippen LogP contribution in [0.2, 0.25) is 0 Å². The molecule has 5 heteroatoms. The molecule has 0 aliphatic carbocycles. The predicted molar refractivity (Wildman–Crippen MR) is 15.0 cm³/mol. The van der Waals surface area contributed by atoms with Gasteiger partial charge in [-0.3, -0.25) is 0 Å². The molecule has 0 aromatic rings. The molecule has 0 heterocycles. The largest absolute Gasteiger partial charge is 0.396 e. The molecule has 0 bridgehead atoms. The van der Waals surface area contributed by atoms with Crippen LogP contribution < -0.4 is 0 Å². The third-order valence-electron chi connectivity index (χ3n) is 0. The molecule has 0 aliphatic heterocycles. The van der Waals surface area contributed by atoms with Crippen LogP contribution in [-0.2, 0) is 56.1 Å². The minimum absolute atomic E-state index is 0. The summed E-state index contributed by atoms with van der Waals surface area (Å²) in [4.78, 5) is 0. The molecule has 0 aliphatic rings. The first-order valence-corrected chi connectivity index (χ1v) is 0.866. The Hall–Kier alpha value is 1.97. The Kier molecular flexibility index (Phi) is 213. The van der Waals surface area contributed by atoms with Gasteiger partial charge in [-0.15, -0.1) is 0 Å².